The Labute approximate surface area is 123 Å². The minimum Gasteiger partial charge on any atom is -0.382 e. The molecule has 21 heavy (non-hydrogen) atoms. The summed E-state index contributed by atoms with van der Waals surface area (Å²) in [5, 5.41) is 4.33. The first-order chi connectivity index (χ1) is 9.96. The molecule has 0 spiro atoms. The number of hydrogen-bond acceptors (Lipinski definition) is 4. The Bertz CT molecular complexity index is 826. The van der Waals surface area contributed by atoms with Crippen LogP contribution in [0.1, 0.15) is 12.8 Å². The van der Waals surface area contributed by atoms with Crippen LogP contribution in [0.3, 0.4) is 0 Å². The highest BCUT2D eigenvalue weighted by molar-refractivity contribution is 7.91. The Morgan fingerprint density at radius 2 is 1.86 bits per heavy atom. The summed E-state index contributed by atoms with van der Waals surface area (Å²) in [5.41, 5.74) is 1.59. The van der Waals surface area contributed by atoms with Crippen molar-refractivity contribution in [2.45, 2.75) is 18.9 Å². The maximum Gasteiger partial charge on any atom is 0.252 e. The van der Waals surface area contributed by atoms with Crippen LogP contribution in [0.15, 0.2) is 35.1 Å². The molecule has 1 saturated heterocycles. The molecule has 1 N–H and O–H groups in total. The van der Waals surface area contributed by atoms with E-state index >= 15 is 0 Å². The van der Waals surface area contributed by atoms with E-state index in [2.05, 4.69) is 5.32 Å². The van der Waals surface area contributed by atoms with Crippen molar-refractivity contribution in [2.24, 2.45) is 7.05 Å². The molecular weight excluding hydrogens is 288 g/mol. The topological polar surface area (TPSA) is 68.2 Å². The number of benzene rings is 1. The number of sulfone groups is 1. The number of rotatable bonds is 2. The van der Waals surface area contributed by atoms with Gasteiger partial charge in [-0.1, -0.05) is 18.2 Å². The second-order valence-electron chi connectivity index (χ2n) is 5.54. The van der Waals surface area contributed by atoms with Crippen molar-refractivity contribution in [3.05, 3.63) is 40.7 Å². The molecule has 1 aliphatic heterocycles. The van der Waals surface area contributed by atoms with Gasteiger partial charge in [0.2, 0.25) is 0 Å². The molecule has 0 atom stereocenters. The standard InChI is InChI=1S/C15H18N2O3S/c1-17-14-5-3-2-4-12(14)13(10-15(17)18)16-11-6-8-21(19,20)9-7-11/h2-5,10-11,16H,6-9H2,1H3. The molecule has 112 valence electrons. The Hall–Kier alpha value is -1.82. The molecule has 1 aromatic heterocycles. The fourth-order valence-corrected chi connectivity index (χ4v) is 4.28. The van der Waals surface area contributed by atoms with Crippen LogP contribution in [0.2, 0.25) is 0 Å². The van der Waals surface area contributed by atoms with E-state index in [1.807, 2.05) is 24.3 Å². The summed E-state index contributed by atoms with van der Waals surface area (Å²) in [6.45, 7) is 0. The van der Waals surface area contributed by atoms with Crippen molar-refractivity contribution >= 4 is 26.4 Å². The average molecular weight is 306 g/mol. The van der Waals surface area contributed by atoms with Gasteiger partial charge in [-0.2, -0.15) is 0 Å². The third-order valence-corrected chi connectivity index (χ3v) is 5.78. The van der Waals surface area contributed by atoms with Gasteiger partial charge in [0.1, 0.15) is 9.84 Å². The summed E-state index contributed by atoms with van der Waals surface area (Å²) < 4.78 is 24.6. The number of nitrogens with zero attached hydrogens (tertiary/aromatic N) is 1. The van der Waals surface area contributed by atoms with Gasteiger partial charge < -0.3 is 9.88 Å². The van der Waals surface area contributed by atoms with Gasteiger partial charge in [0.05, 0.1) is 17.0 Å². The maximum atomic E-state index is 12.0. The molecule has 6 heteroatoms. The van der Waals surface area contributed by atoms with E-state index < -0.39 is 9.84 Å². The molecule has 1 aromatic carbocycles. The monoisotopic (exact) mass is 306 g/mol. The van der Waals surface area contributed by atoms with Gasteiger partial charge in [-0.15, -0.1) is 0 Å². The number of aryl methyl sites for hydroxylation is 1. The Balaban J connectivity index is 1.95. The first kappa shape index (κ1) is 14.1. The van der Waals surface area contributed by atoms with Crippen LogP contribution in [-0.4, -0.2) is 30.5 Å². The third-order valence-electron chi connectivity index (χ3n) is 4.07. The number of pyridine rings is 1. The van der Waals surface area contributed by atoms with Crippen LogP contribution in [0, 0.1) is 0 Å². The van der Waals surface area contributed by atoms with Crippen LogP contribution in [0.25, 0.3) is 10.9 Å². The third kappa shape index (κ3) is 2.81. The van der Waals surface area contributed by atoms with Crippen molar-refractivity contribution in [1.82, 2.24) is 4.57 Å². The normalized spacial score (nSPS) is 18.7. The molecule has 3 rings (SSSR count). The average Bonchev–Trinajstić information content (AvgIpc) is 2.47. The molecule has 0 saturated carbocycles. The van der Waals surface area contributed by atoms with Gasteiger partial charge in [-0.25, -0.2) is 8.42 Å². The lowest BCUT2D eigenvalue weighted by Gasteiger charge is -2.25. The number of para-hydroxylation sites is 1. The molecule has 0 radical (unpaired) electrons. The summed E-state index contributed by atoms with van der Waals surface area (Å²) in [5.74, 6) is 0.431. The summed E-state index contributed by atoms with van der Waals surface area (Å²) in [6, 6.07) is 9.40. The summed E-state index contributed by atoms with van der Waals surface area (Å²) >= 11 is 0. The van der Waals surface area contributed by atoms with E-state index in [1.54, 1.807) is 17.7 Å². The van der Waals surface area contributed by atoms with Crippen molar-refractivity contribution in [3.63, 3.8) is 0 Å². The van der Waals surface area contributed by atoms with E-state index in [9.17, 15) is 13.2 Å². The molecule has 0 aliphatic carbocycles. The first-order valence-electron chi connectivity index (χ1n) is 7.02. The predicted octanol–water partition coefficient (Wildman–Crippen LogP) is 1.53. The minimum atomic E-state index is -2.87. The number of anilines is 1. The Morgan fingerprint density at radius 1 is 1.19 bits per heavy atom. The van der Waals surface area contributed by atoms with Crippen molar-refractivity contribution < 1.29 is 8.42 Å². The van der Waals surface area contributed by atoms with Crippen LogP contribution >= 0.6 is 0 Å². The van der Waals surface area contributed by atoms with E-state index in [4.69, 9.17) is 0 Å². The lowest BCUT2D eigenvalue weighted by molar-refractivity contribution is 0.559. The van der Waals surface area contributed by atoms with Crippen LogP contribution in [0.4, 0.5) is 5.69 Å². The van der Waals surface area contributed by atoms with Crippen molar-refractivity contribution in [3.8, 4) is 0 Å². The van der Waals surface area contributed by atoms with E-state index in [-0.39, 0.29) is 23.1 Å². The van der Waals surface area contributed by atoms with E-state index in [1.165, 1.54) is 0 Å². The first-order valence-corrected chi connectivity index (χ1v) is 8.84. The van der Waals surface area contributed by atoms with Crippen LogP contribution in [-0.2, 0) is 16.9 Å². The predicted molar refractivity (Wildman–Crippen MR) is 84.5 cm³/mol. The zero-order valence-corrected chi connectivity index (χ0v) is 12.7. The molecule has 0 bridgehead atoms. The number of fused-ring (bicyclic) bond motifs is 1. The second-order valence-corrected chi connectivity index (χ2v) is 7.85. The van der Waals surface area contributed by atoms with Gasteiger partial charge in [0.25, 0.3) is 5.56 Å². The van der Waals surface area contributed by atoms with Gasteiger partial charge >= 0.3 is 0 Å². The lowest BCUT2D eigenvalue weighted by atomic mass is 10.1. The van der Waals surface area contributed by atoms with Crippen molar-refractivity contribution in [1.29, 1.82) is 0 Å². The highest BCUT2D eigenvalue weighted by Crippen LogP contribution is 2.24. The molecule has 2 aromatic rings. The highest BCUT2D eigenvalue weighted by Gasteiger charge is 2.23. The smallest absolute Gasteiger partial charge is 0.252 e. The molecule has 2 heterocycles. The zero-order chi connectivity index (χ0) is 15.0. The zero-order valence-electron chi connectivity index (χ0n) is 11.9. The second kappa shape index (κ2) is 5.18. The minimum absolute atomic E-state index is 0.0698. The van der Waals surface area contributed by atoms with Crippen LogP contribution < -0.4 is 10.9 Å². The lowest BCUT2D eigenvalue weighted by Crippen LogP contribution is -2.32. The van der Waals surface area contributed by atoms with Gasteiger partial charge in [-0.05, 0) is 18.9 Å². The SMILES string of the molecule is Cn1c(=O)cc(NC2CCS(=O)(=O)CC2)c2ccccc21. The van der Waals surface area contributed by atoms with Gasteiger partial charge in [0, 0.05) is 30.2 Å². The number of aromatic nitrogens is 1. The molecule has 1 aliphatic rings. The molecule has 0 amide bonds. The van der Waals surface area contributed by atoms with Gasteiger partial charge in [-0.3, -0.25) is 4.79 Å². The molecule has 5 nitrogen and oxygen atoms in total. The van der Waals surface area contributed by atoms with Crippen molar-refractivity contribution in [2.75, 3.05) is 16.8 Å². The highest BCUT2D eigenvalue weighted by atomic mass is 32.2. The maximum absolute atomic E-state index is 12.0. The summed E-state index contributed by atoms with van der Waals surface area (Å²) in [4.78, 5) is 12.0. The van der Waals surface area contributed by atoms with Gasteiger partial charge in [0.15, 0.2) is 0 Å². The Kier molecular flexibility index (Phi) is 3.49. The number of nitrogens with one attached hydrogen (secondary N) is 1. The molecule has 0 unspecified atom stereocenters. The molecule has 1 fully saturated rings. The van der Waals surface area contributed by atoms with Crippen LogP contribution in [0.5, 0.6) is 0 Å². The fraction of sp³-hybridized carbons (Fsp3) is 0.400. The Morgan fingerprint density at radius 3 is 2.57 bits per heavy atom. The number of hydrogen-bond donors (Lipinski definition) is 1. The largest absolute Gasteiger partial charge is 0.382 e. The summed E-state index contributed by atoms with van der Waals surface area (Å²) in [6.07, 6.45) is 1.18. The fourth-order valence-electron chi connectivity index (χ4n) is 2.78. The van der Waals surface area contributed by atoms with E-state index in [0.29, 0.717) is 12.8 Å². The quantitative estimate of drug-likeness (QED) is 0.913. The molecular formula is C15H18N2O3S. The summed E-state index contributed by atoms with van der Waals surface area (Å²) in [7, 11) is -1.12. The van der Waals surface area contributed by atoms with E-state index in [0.717, 1.165) is 16.6 Å².